The number of carbonyl (C=O) groups excluding carboxylic acids is 3. The molecule has 2 aromatic carbocycles. The van der Waals surface area contributed by atoms with Crippen molar-refractivity contribution in [3.8, 4) is 0 Å². The van der Waals surface area contributed by atoms with Gasteiger partial charge in [0.15, 0.2) is 6.61 Å². The number of carbonyl (C=O) groups is 3. The normalized spacial score (nSPS) is 15.7. The van der Waals surface area contributed by atoms with Gasteiger partial charge < -0.3 is 15.0 Å². The number of para-hydroxylation sites is 1. The Kier molecular flexibility index (Phi) is 6.41. The molecule has 9 heteroatoms. The summed E-state index contributed by atoms with van der Waals surface area (Å²) in [6.45, 7) is 1.62. The highest BCUT2D eigenvalue weighted by Gasteiger charge is 2.36. The molecule has 1 heterocycles. The Bertz CT molecular complexity index is 973. The third-order valence-corrected chi connectivity index (χ3v) is 4.85. The van der Waals surface area contributed by atoms with Gasteiger partial charge in [0.25, 0.3) is 11.6 Å². The molecule has 1 fully saturated rings. The fourth-order valence-electron chi connectivity index (χ4n) is 3.26. The molecule has 30 heavy (non-hydrogen) atoms. The Morgan fingerprint density at radius 1 is 1.20 bits per heavy atom. The Balaban J connectivity index is 1.54. The molecule has 0 spiro atoms. The molecular formula is C21H21N3O6. The summed E-state index contributed by atoms with van der Waals surface area (Å²) in [7, 11) is 0. The van der Waals surface area contributed by atoms with Crippen LogP contribution in [-0.2, 0) is 25.5 Å². The second-order valence-corrected chi connectivity index (χ2v) is 6.85. The van der Waals surface area contributed by atoms with E-state index in [1.54, 1.807) is 12.1 Å². The first-order chi connectivity index (χ1) is 14.4. The molecule has 1 saturated heterocycles. The van der Waals surface area contributed by atoms with Crippen LogP contribution in [0.4, 0.5) is 17.1 Å². The average molecular weight is 411 g/mol. The van der Waals surface area contributed by atoms with Crippen LogP contribution in [0.1, 0.15) is 18.9 Å². The molecule has 0 unspecified atom stereocenters. The van der Waals surface area contributed by atoms with Gasteiger partial charge in [-0.2, -0.15) is 0 Å². The van der Waals surface area contributed by atoms with Gasteiger partial charge >= 0.3 is 5.97 Å². The zero-order chi connectivity index (χ0) is 21.7. The molecule has 1 aliphatic heterocycles. The van der Waals surface area contributed by atoms with Gasteiger partial charge in [-0.3, -0.25) is 24.5 Å². The Morgan fingerprint density at radius 2 is 1.90 bits per heavy atom. The van der Waals surface area contributed by atoms with Crippen LogP contribution in [0.5, 0.6) is 0 Å². The number of nitro benzene ring substituents is 1. The lowest BCUT2D eigenvalue weighted by molar-refractivity contribution is -0.384. The van der Waals surface area contributed by atoms with Crippen molar-refractivity contribution >= 4 is 34.8 Å². The molecule has 0 bridgehead atoms. The minimum absolute atomic E-state index is 0.0455. The van der Waals surface area contributed by atoms with Gasteiger partial charge in [0.2, 0.25) is 5.91 Å². The highest BCUT2D eigenvalue weighted by Crippen LogP contribution is 2.27. The van der Waals surface area contributed by atoms with Crippen molar-refractivity contribution in [1.29, 1.82) is 0 Å². The predicted molar refractivity (Wildman–Crippen MR) is 109 cm³/mol. The summed E-state index contributed by atoms with van der Waals surface area (Å²) in [5.41, 5.74) is 2.02. The number of anilines is 2. The maximum Gasteiger partial charge on any atom is 0.311 e. The maximum atomic E-state index is 12.3. The van der Waals surface area contributed by atoms with Gasteiger partial charge in [-0.05, 0) is 30.2 Å². The summed E-state index contributed by atoms with van der Waals surface area (Å²) in [6, 6.07) is 12.9. The van der Waals surface area contributed by atoms with Crippen LogP contribution in [0.25, 0.3) is 0 Å². The number of non-ortho nitro benzene ring substituents is 1. The first-order valence-corrected chi connectivity index (χ1v) is 9.48. The molecule has 3 rings (SSSR count). The summed E-state index contributed by atoms with van der Waals surface area (Å²) >= 11 is 0. The van der Waals surface area contributed by atoms with Crippen molar-refractivity contribution in [3.63, 3.8) is 0 Å². The molecule has 9 nitrogen and oxygen atoms in total. The first-order valence-electron chi connectivity index (χ1n) is 9.48. The van der Waals surface area contributed by atoms with Gasteiger partial charge in [0, 0.05) is 36.5 Å². The molecule has 0 saturated carbocycles. The summed E-state index contributed by atoms with van der Waals surface area (Å²) < 4.78 is 5.10. The van der Waals surface area contributed by atoms with Crippen molar-refractivity contribution in [3.05, 3.63) is 64.2 Å². The van der Waals surface area contributed by atoms with Crippen molar-refractivity contribution in [2.75, 3.05) is 23.4 Å². The van der Waals surface area contributed by atoms with E-state index in [0.717, 1.165) is 12.0 Å². The molecule has 2 aromatic rings. The number of amides is 2. The quantitative estimate of drug-likeness (QED) is 0.425. The third kappa shape index (κ3) is 4.80. The maximum absolute atomic E-state index is 12.3. The Morgan fingerprint density at radius 3 is 2.57 bits per heavy atom. The van der Waals surface area contributed by atoms with Crippen LogP contribution in [0.3, 0.4) is 0 Å². The van der Waals surface area contributed by atoms with Crippen molar-refractivity contribution in [2.45, 2.75) is 19.8 Å². The van der Waals surface area contributed by atoms with E-state index < -0.39 is 29.3 Å². The third-order valence-electron chi connectivity index (χ3n) is 4.85. The molecule has 156 valence electrons. The van der Waals surface area contributed by atoms with Crippen LogP contribution in [0.2, 0.25) is 0 Å². The minimum Gasteiger partial charge on any atom is -0.455 e. The largest absolute Gasteiger partial charge is 0.455 e. The molecule has 0 aliphatic carbocycles. The van der Waals surface area contributed by atoms with Gasteiger partial charge in [-0.25, -0.2) is 0 Å². The summed E-state index contributed by atoms with van der Waals surface area (Å²) in [4.78, 5) is 48.3. The summed E-state index contributed by atoms with van der Waals surface area (Å²) in [6.07, 6.45) is 0.703. The number of ether oxygens (including phenoxy) is 1. The smallest absolute Gasteiger partial charge is 0.311 e. The standard InChI is InChI=1S/C21H21N3O6/c1-2-14-5-3-4-6-18(14)22-19(25)13-30-21(27)15-11-20(26)23(12-15)16-7-9-17(10-8-16)24(28)29/h3-10,15H,2,11-13H2,1H3,(H,22,25)/t15-/m0/s1. The topological polar surface area (TPSA) is 119 Å². The van der Waals surface area contributed by atoms with Crippen molar-refractivity contribution < 1.29 is 24.0 Å². The van der Waals surface area contributed by atoms with E-state index in [4.69, 9.17) is 4.74 Å². The van der Waals surface area contributed by atoms with Crippen molar-refractivity contribution in [2.24, 2.45) is 5.92 Å². The van der Waals surface area contributed by atoms with E-state index in [1.165, 1.54) is 29.2 Å². The monoisotopic (exact) mass is 411 g/mol. The van der Waals surface area contributed by atoms with Gasteiger partial charge in [0.05, 0.1) is 10.8 Å². The Hall–Kier alpha value is -3.75. The summed E-state index contributed by atoms with van der Waals surface area (Å²) in [5.74, 6) is -2.08. The van der Waals surface area contributed by atoms with E-state index in [9.17, 15) is 24.5 Å². The number of hydrogen-bond acceptors (Lipinski definition) is 6. The molecule has 0 radical (unpaired) electrons. The van der Waals surface area contributed by atoms with E-state index in [-0.39, 0.29) is 24.6 Å². The SMILES string of the molecule is CCc1ccccc1NC(=O)COC(=O)[C@H]1CC(=O)N(c2ccc([N+](=O)[O-])cc2)C1. The fourth-order valence-corrected chi connectivity index (χ4v) is 3.26. The van der Waals surface area contributed by atoms with Gasteiger partial charge in [0.1, 0.15) is 0 Å². The van der Waals surface area contributed by atoms with E-state index in [0.29, 0.717) is 11.4 Å². The zero-order valence-corrected chi connectivity index (χ0v) is 16.4. The molecule has 1 atom stereocenters. The van der Waals surface area contributed by atoms with Crippen molar-refractivity contribution in [1.82, 2.24) is 0 Å². The van der Waals surface area contributed by atoms with Crippen LogP contribution < -0.4 is 10.2 Å². The van der Waals surface area contributed by atoms with Crippen LogP contribution in [0.15, 0.2) is 48.5 Å². The lowest BCUT2D eigenvalue weighted by Crippen LogP contribution is -2.28. The van der Waals surface area contributed by atoms with Crippen LogP contribution in [-0.4, -0.2) is 35.9 Å². The Labute approximate surface area is 172 Å². The number of nitro groups is 1. The van der Waals surface area contributed by atoms with E-state index >= 15 is 0 Å². The lowest BCUT2D eigenvalue weighted by atomic mass is 10.1. The fraction of sp³-hybridized carbons (Fsp3) is 0.286. The molecule has 2 amide bonds. The van der Waals surface area contributed by atoms with Gasteiger partial charge in [-0.1, -0.05) is 25.1 Å². The number of nitrogens with zero attached hydrogens (tertiary/aromatic N) is 2. The first kappa shape index (κ1) is 21.0. The number of hydrogen-bond donors (Lipinski definition) is 1. The second-order valence-electron chi connectivity index (χ2n) is 6.85. The summed E-state index contributed by atoms with van der Waals surface area (Å²) in [5, 5.41) is 13.5. The molecule has 1 aliphatic rings. The minimum atomic E-state index is -0.705. The predicted octanol–water partition coefficient (Wildman–Crippen LogP) is 2.69. The average Bonchev–Trinajstić information content (AvgIpc) is 3.14. The number of nitrogens with one attached hydrogen (secondary N) is 1. The van der Waals surface area contributed by atoms with Crippen LogP contribution >= 0.6 is 0 Å². The lowest BCUT2D eigenvalue weighted by Gasteiger charge is -2.16. The highest BCUT2D eigenvalue weighted by molar-refractivity contribution is 6.00. The van der Waals surface area contributed by atoms with Gasteiger partial charge in [-0.15, -0.1) is 0 Å². The highest BCUT2D eigenvalue weighted by atomic mass is 16.6. The molecule has 1 N–H and O–H groups in total. The number of aryl methyl sites for hydroxylation is 1. The second kappa shape index (κ2) is 9.17. The molecular weight excluding hydrogens is 390 g/mol. The number of esters is 1. The number of rotatable bonds is 7. The number of benzene rings is 2. The van der Waals surface area contributed by atoms with Crippen LogP contribution in [0, 0.1) is 16.0 Å². The molecule has 0 aromatic heterocycles. The van der Waals surface area contributed by atoms with E-state index in [2.05, 4.69) is 5.32 Å². The van der Waals surface area contributed by atoms with E-state index in [1.807, 2.05) is 19.1 Å². The zero-order valence-electron chi connectivity index (χ0n) is 16.4.